The van der Waals surface area contributed by atoms with Crippen LogP contribution in [0.15, 0.2) is 47.5 Å². The Hall–Kier alpha value is -2.00. The molecule has 0 aromatic heterocycles. The average molecular weight is 318 g/mol. The molecule has 0 saturated heterocycles. The van der Waals surface area contributed by atoms with Gasteiger partial charge in [0.2, 0.25) is 0 Å². The Morgan fingerprint density at radius 2 is 1.82 bits per heavy atom. The number of methoxy groups -OCH3 is 2. The summed E-state index contributed by atoms with van der Waals surface area (Å²) in [7, 11) is 3.27. The number of aliphatic imine (C=N–C) groups is 1. The fourth-order valence-electron chi connectivity index (χ4n) is 2.19. The topological polar surface area (TPSA) is 30.8 Å². The predicted octanol–water partition coefficient (Wildman–Crippen LogP) is 4.41. The van der Waals surface area contributed by atoms with Crippen LogP contribution in [0, 0.1) is 0 Å². The molecule has 0 bridgehead atoms. The summed E-state index contributed by atoms with van der Waals surface area (Å²) >= 11 is 6.12. The number of nitrogens with zero attached hydrogens (tertiary/aromatic N) is 1. The van der Waals surface area contributed by atoms with E-state index in [4.69, 9.17) is 21.1 Å². The van der Waals surface area contributed by atoms with Gasteiger partial charge < -0.3 is 9.47 Å². The van der Waals surface area contributed by atoms with Gasteiger partial charge in [0.15, 0.2) is 11.5 Å². The van der Waals surface area contributed by atoms with Crippen molar-refractivity contribution in [2.45, 2.75) is 19.4 Å². The second kappa shape index (κ2) is 7.85. The minimum atomic E-state index is 0.148. The summed E-state index contributed by atoms with van der Waals surface area (Å²) in [5.74, 6) is 1.47. The van der Waals surface area contributed by atoms with E-state index in [-0.39, 0.29) is 6.04 Å². The molecule has 2 aromatic carbocycles. The summed E-state index contributed by atoms with van der Waals surface area (Å²) in [4.78, 5) is 4.57. The normalized spacial score (nSPS) is 12.4. The summed E-state index contributed by atoms with van der Waals surface area (Å²) in [6.45, 7) is 2.07. The fourth-order valence-corrected chi connectivity index (χ4v) is 2.37. The van der Waals surface area contributed by atoms with Gasteiger partial charge in [-0.2, -0.15) is 0 Å². The molecule has 0 radical (unpaired) electrons. The minimum absolute atomic E-state index is 0.148. The Labute approximate surface area is 136 Å². The zero-order valence-electron chi connectivity index (χ0n) is 13.0. The van der Waals surface area contributed by atoms with E-state index in [0.29, 0.717) is 5.02 Å². The van der Waals surface area contributed by atoms with E-state index < -0.39 is 0 Å². The zero-order chi connectivity index (χ0) is 15.9. The van der Waals surface area contributed by atoms with E-state index in [0.717, 1.165) is 29.0 Å². The third kappa shape index (κ3) is 4.25. The highest BCUT2D eigenvalue weighted by atomic mass is 35.5. The molecule has 22 heavy (non-hydrogen) atoms. The lowest BCUT2D eigenvalue weighted by Crippen LogP contribution is -2.04. The lowest BCUT2D eigenvalue weighted by molar-refractivity contribution is 0.354. The van der Waals surface area contributed by atoms with Gasteiger partial charge in [-0.25, -0.2) is 0 Å². The van der Waals surface area contributed by atoms with Crippen molar-refractivity contribution in [2.75, 3.05) is 14.2 Å². The van der Waals surface area contributed by atoms with E-state index in [1.54, 1.807) is 14.2 Å². The average Bonchev–Trinajstić information content (AvgIpc) is 2.54. The molecule has 1 atom stereocenters. The standard InChI is InChI=1S/C18H20ClNO2/c1-13(20-12-15-6-4-5-7-16(15)19)10-14-8-9-17(21-2)18(11-14)22-3/h4-9,11-13H,10H2,1-3H3. The first kappa shape index (κ1) is 16.4. The molecule has 0 N–H and O–H groups in total. The van der Waals surface area contributed by atoms with Crippen molar-refractivity contribution in [1.82, 2.24) is 0 Å². The molecule has 2 aromatic rings. The number of benzene rings is 2. The highest BCUT2D eigenvalue weighted by Gasteiger charge is 2.07. The molecule has 116 valence electrons. The monoisotopic (exact) mass is 317 g/mol. The molecule has 1 unspecified atom stereocenters. The number of hydrogen-bond acceptors (Lipinski definition) is 3. The zero-order valence-corrected chi connectivity index (χ0v) is 13.8. The Kier molecular flexibility index (Phi) is 5.84. The van der Waals surface area contributed by atoms with E-state index >= 15 is 0 Å². The van der Waals surface area contributed by atoms with Crippen LogP contribution < -0.4 is 9.47 Å². The van der Waals surface area contributed by atoms with Gasteiger partial charge in [-0.1, -0.05) is 35.9 Å². The fraction of sp³-hybridized carbons (Fsp3) is 0.278. The van der Waals surface area contributed by atoms with Gasteiger partial charge >= 0.3 is 0 Å². The molecule has 3 nitrogen and oxygen atoms in total. The molecule has 0 fully saturated rings. The Bertz CT molecular complexity index is 655. The quantitative estimate of drug-likeness (QED) is 0.739. The number of hydrogen-bond donors (Lipinski definition) is 0. The minimum Gasteiger partial charge on any atom is -0.493 e. The van der Waals surface area contributed by atoms with Gasteiger partial charge in [-0.15, -0.1) is 0 Å². The summed E-state index contributed by atoms with van der Waals surface area (Å²) in [6, 6.07) is 13.8. The maximum Gasteiger partial charge on any atom is 0.160 e. The molecule has 0 spiro atoms. The van der Waals surface area contributed by atoms with Gasteiger partial charge in [0.1, 0.15) is 0 Å². The maximum atomic E-state index is 6.12. The van der Waals surface area contributed by atoms with Crippen LogP contribution in [0.2, 0.25) is 5.02 Å². The molecular weight excluding hydrogens is 298 g/mol. The molecule has 0 heterocycles. The SMILES string of the molecule is COc1ccc(CC(C)N=Cc2ccccc2Cl)cc1OC. The van der Waals surface area contributed by atoms with E-state index in [1.807, 2.05) is 48.7 Å². The van der Waals surface area contributed by atoms with Crippen LogP contribution in [0.3, 0.4) is 0 Å². The second-order valence-electron chi connectivity index (χ2n) is 5.04. The second-order valence-corrected chi connectivity index (χ2v) is 5.45. The third-order valence-electron chi connectivity index (χ3n) is 3.35. The number of ether oxygens (including phenoxy) is 2. The van der Waals surface area contributed by atoms with Gasteiger partial charge in [0, 0.05) is 16.8 Å². The third-order valence-corrected chi connectivity index (χ3v) is 3.70. The summed E-state index contributed by atoms with van der Waals surface area (Å²) in [5.41, 5.74) is 2.09. The van der Waals surface area contributed by atoms with E-state index in [2.05, 4.69) is 11.9 Å². The Morgan fingerprint density at radius 3 is 2.50 bits per heavy atom. The van der Waals surface area contributed by atoms with Crippen molar-refractivity contribution in [2.24, 2.45) is 4.99 Å². The van der Waals surface area contributed by atoms with Crippen molar-refractivity contribution in [3.63, 3.8) is 0 Å². The molecule has 0 aliphatic carbocycles. The smallest absolute Gasteiger partial charge is 0.160 e. The summed E-state index contributed by atoms with van der Waals surface area (Å²) in [6.07, 6.45) is 2.65. The molecule has 0 amide bonds. The van der Waals surface area contributed by atoms with Crippen LogP contribution >= 0.6 is 11.6 Å². The summed E-state index contributed by atoms with van der Waals surface area (Å²) < 4.78 is 10.6. The molecule has 2 rings (SSSR count). The van der Waals surface area contributed by atoms with Crippen molar-refractivity contribution >= 4 is 17.8 Å². The Balaban J connectivity index is 2.06. The summed E-state index contributed by atoms with van der Waals surface area (Å²) in [5, 5.41) is 0.713. The highest BCUT2D eigenvalue weighted by Crippen LogP contribution is 2.28. The van der Waals surface area contributed by atoms with Crippen LogP contribution in [-0.4, -0.2) is 26.5 Å². The van der Waals surface area contributed by atoms with Crippen LogP contribution in [0.1, 0.15) is 18.1 Å². The van der Waals surface area contributed by atoms with Crippen LogP contribution in [0.25, 0.3) is 0 Å². The van der Waals surface area contributed by atoms with Crippen molar-refractivity contribution in [3.8, 4) is 11.5 Å². The molecule has 0 aliphatic heterocycles. The van der Waals surface area contributed by atoms with Gasteiger partial charge in [-0.3, -0.25) is 4.99 Å². The van der Waals surface area contributed by atoms with Crippen molar-refractivity contribution in [3.05, 3.63) is 58.6 Å². The number of rotatable bonds is 6. The molecule has 0 saturated carbocycles. The van der Waals surface area contributed by atoms with Crippen molar-refractivity contribution in [1.29, 1.82) is 0 Å². The lowest BCUT2D eigenvalue weighted by Gasteiger charge is -2.11. The maximum absolute atomic E-state index is 6.12. The highest BCUT2D eigenvalue weighted by molar-refractivity contribution is 6.33. The molecule has 0 aliphatic rings. The molecular formula is C18H20ClNO2. The number of halogens is 1. The van der Waals surface area contributed by atoms with Crippen LogP contribution in [0.4, 0.5) is 0 Å². The Morgan fingerprint density at radius 1 is 1.09 bits per heavy atom. The largest absolute Gasteiger partial charge is 0.493 e. The van der Waals surface area contributed by atoms with Crippen LogP contribution in [-0.2, 0) is 6.42 Å². The molecule has 4 heteroatoms. The predicted molar refractivity (Wildman–Crippen MR) is 91.8 cm³/mol. The van der Waals surface area contributed by atoms with Crippen LogP contribution in [0.5, 0.6) is 11.5 Å². The first-order valence-corrected chi connectivity index (χ1v) is 7.50. The first-order chi connectivity index (χ1) is 10.6. The van der Waals surface area contributed by atoms with E-state index in [1.165, 1.54) is 0 Å². The first-order valence-electron chi connectivity index (χ1n) is 7.12. The van der Waals surface area contributed by atoms with Gasteiger partial charge in [-0.05, 0) is 37.1 Å². The van der Waals surface area contributed by atoms with Gasteiger partial charge in [0.25, 0.3) is 0 Å². The van der Waals surface area contributed by atoms with E-state index in [9.17, 15) is 0 Å². The van der Waals surface area contributed by atoms with Crippen molar-refractivity contribution < 1.29 is 9.47 Å². The lowest BCUT2D eigenvalue weighted by atomic mass is 10.1. The van der Waals surface area contributed by atoms with Gasteiger partial charge in [0.05, 0.1) is 20.3 Å².